The van der Waals surface area contributed by atoms with Gasteiger partial charge in [0, 0.05) is 5.69 Å². The number of hydrazone groups is 1. The number of carbonyl (C=O) groups is 1. The van der Waals surface area contributed by atoms with Gasteiger partial charge in [0.05, 0.1) is 19.9 Å². The number of carbonyl (C=O) groups excluding carboxylic acids is 1. The van der Waals surface area contributed by atoms with Crippen LogP contribution in [0, 0.1) is 0 Å². The van der Waals surface area contributed by atoms with Crippen LogP contribution in [0.5, 0.6) is 11.5 Å². The maximum atomic E-state index is 11.9. The smallest absolute Gasteiger partial charge is 0.259 e. The third-order valence-electron chi connectivity index (χ3n) is 4.05. The molecule has 0 spiro atoms. The Morgan fingerprint density at radius 1 is 0.966 bits per heavy atom. The van der Waals surface area contributed by atoms with E-state index in [1.54, 1.807) is 19.4 Å². The molecule has 0 aliphatic rings. The van der Waals surface area contributed by atoms with Gasteiger partial charge in [-0.2, -0.15) is 5.10 Å². The van der Waals surface area contributed by atoms with Gasteiger partial charge in [-0.15, -0.1) is 0 Å². The number of hydrogen-bond acceptors (Lipinski definition) is 5. The maximum absolute atomic E-state index is 11.9. The minimum atomic E-state index is -0.237. The first-order chi connectivity index (χ1) is 14.2. The summed E-state index contributed by atoms with van der Waals surface area (Å²) in [6, 6.07) is 24.9. The summed E-state index contributed by atoms with van der Waals surface area (Å²) < 4.78 is 11.2. The van der Waals surface area contributed by atoms with Crippen molar-refractivity contribution in [2.45, 2.75) is 6.61 Å². The van der Waals surface area contributed by atoms with Gasteiger partial charge in [-0.25, -0.2) is 5.43 Å². The van der Waals surface area contributed by atoms with Crippen molar-refractivity contribution in [2.75, 3.05) is 19.0 Å². The molecule has 0 fully saturated rings. The van der Waals surface area contributed by atoms with E-state index >= 15 is 0 Å². The highest BCUT2D eigenvalue weighted by Crippen LogP contribution is 2.28. The van der Waals surface area contributed by atoms with Gasteiger partial charge in [0.1, 0.15) is 6.61 Å². The SMILES string of the molecule is COc1ccc(/C=N/NC(=O)CNc2ccccc2)cc1OCc1ccccc1. The number of anilines is 1. The molecule has 0 saturated heterocycles. The lowest BCUT2D eigenvalue weighted by Crippen LogP contribution is -2.25. The van der Waals surface area contributed by atoms with E-state index in [1.165, 1.54) is 0 Å². The average Bonchev–Trinajstić information content (AvgIpc) is 2.78. The zero-order chi connectivity index (χ0) is 20.3. The Bertz CT molecular complexity index is 944. The third-order valence-corrected chi connectivity index (χ3v) is 4.05. The summed E-state index contributed by atoms with van der Waals surface area (Å²) in [5.74, 6) is 1.01. The number of nitrogens with zero attached hydrogens (tertiary/aromatic N) is 1. The molecule has 6 nitrogen and oxygen atoms in total. The van der Waals surface area contributed by atoms with Crippen molar-refractivity contribution in [1.29, 1.82) is 0 Å². The first-order valence-corrected chi connectivity index (χ1v) is 9.20. The fourth-order valence-electron chi connectivity index (χ4n) is 2.58. The lowest BCUT2D eigenvalue weighted by molar-refractivity contribution is -0.119. The normalized spacial score (nSPS) is 10.5. The van der Waals surface area contributed by atoms with Crippen LogP contribution < -0.4 is 20.2 Å². The van der Waals surface area contributed by atoms with Crippen molar-refractivity contribution in [3.8, 4) is 11.5 Å². The van der Waals surface area contributed by atoms with Crippen molar-refractivity contribution in [2.24, 2.45) is 5.10 Å². The molecule has 0 aliphatic carbocycles. The quantitative estimate of drug-likeness (QED) is 0.431. The fourth-order valence-corrected chi connectivity index (χ4v) is 2.58. The van der Waals surface area contributed by atoms with Crippen LogP contribution in [0.15, 0.2) is 84.0 Å². The number of ether oxygens (including phenoxy) is 2. The lowest BCUT2D eigenvalue weighted by atomic mass is 10.2. The minimum Gasteiger partial charge on any atom is -0.493 e. The van der Waals surface area contributed by atoms with Crippen LogP contribution in [0.3, 0.4) is 0 Å². The predicted molar refractivity (Wildman–Crippen MR) is 114 cm³/mol. The van der Waals surface area contributed by atoms with Crippen molar-refractivity contribution in [1.82, 2.24) is 5.43 Å². The summed E-state index contributed by atoms with van der Waals surface area (Å²) in [5.41, 5.74) is 5.22. The van der Waals surface area contributed by atoms with Crippen LogP contribution in [0.4, 0.5) is 5.69 Å². The number of amides is 1. The van der Waals surface area contributed by atoms with Crippen LogP contribution in [0.25, 0.3) is 0 Å². The zero-order valence-electron chi connectivity index (χ0n) is 16.2. The molecule has 0 bridgehead atoms. The topological polar surface area (TPSA) is 72.0 Å². The Hall–Kier alpha value is -3.80. The summed E-state index contributed by atoms with van der Waals surface area (Å²) in [5, 5.41) is 7.03. The Balaban J connectivity index is 1.55. The molecule has 3 aromatic carbocycles. The van der Waals surface area contributed by atoms with Crippen LogP contribution in [-0.4, -0.2) is 25.8 Å². The van der Waals surface area contributed by atoms with Gasteiger partial charge >= 0.3 is 0 Å². The first-order valence-electron chi connectivity index (χ1n) is 9.20. The summed E-state index contributed by atoms with van der Waals surface area (Å²) >= 11 is 0. The van der Waals surface area contributed by atoms with Gasteiger partial charge in [-0.1, -0.05) is 48.5 Å². The largest absolute Gasteiger partial charge is 0.493 e. The molecule has 0 atom stereocenters. The van der Waals surface area contributed by atoms with Crippen molar-refractivity contribution >= 4 is 17.8 Å². The zero-order valence-corrected chi connectivity index (χ0v) is 16.2. The number of benzene rings is 3. The number of para-hydroxylation sites is 1. The number of rotatable bonds is 9. The summed E-state index contributed by atoms with van der Waals surface area (Å²) in [6.07, 6.45) is 1.56. The van der Waals surface area contributed by atoms with E-state index in [0.717, 1.165) is 16.8 Å². The molecule has 1 amide bonds. The molecule has 148 valence electrons. The Morgan fingerprint density at radius 2 is 1.69 bits per heavy atom. The van der Waals surface area contributed by atoms with Crippen molar-refractivity contribution in [3.05, 3.63) is 90.0 Å². The van der Waals surface area contributed by atoms with E-state index in [0.29, 0.717) is 18.1 Å². The predicted octanol–water partition coefficient (Wildman–Crippen LogP) is 3.84. The van der Waals surface area contributed by atoms with Gasteiger partial charge in [0.25, 0.3) is 5.91 Å². The number of hydrogen-bond donors (Lipinski definition) is 2. The second-order valence-corrected chi connectivity index (χ2v) is 6.20. The molecular weight excluding hydrogens is 366 g/mol. The number of methoxy groups -OCH3 is 1. The average molecular weight is 389 g/mol. The minimum absolute atomic E-state index is 0.134. The van der Waals surface area contributed by atoms with Gasteiger partial charge in [-0.3, -0.25) is 4.79 Å². The molecule has 3 aromatic rings. The Morgan fingerprint density at radius 3 is 2.41 bits per heavy atom. The maximum Gasteiger partial charge on any atom is 0.259 e. The molecule has 0 heterocycles. The highest BCUT2D eigenvalue weighted by atomic mass is 16.5. The summed E-state index contributed by atoms with van der Waals surface area (Å²) in [4.78, 5) is 11.9. The molecule has 3 rings (SSSR count). The van der Waals surface area contributed by atoms with Gasteiger partial charge < -0.3 is 14.8 Å². The van der Waals surface area contributed by atoms with Gasteiger partial charge in [0.2, 0.25) is 0 Å². The van der Waals surface area contributed by atoms with Crippen LogP contribution >= 0.6 is 0 Å². The van der Waals surface area contributed by atoms with Gasteiger partial charge in [0.15, 0.2) is 11.5 Å². The highest BCUT2D eigenvalue weighted by Gasteiger charge is 2.06. The summed E-state index contributed by atoms with van der Waals surface area (Å²) in [6.45, 7) is 0.565. The molecule has 0 radical (unpaired) electrons. The first kappa shape index (κ1) is 19.9. The molecule has 2 N–H and O–H groups in total. The van der Waals surface area contributed by atoms with E-state index in [4.69, 9.17) is 9.47 Å². The molecule has 0 aliphatic heterocycles. The molecular formula is C23H23N3O3. The molecule has 0 unspecified atom stereocenters. The second-order valence-electron chi connectivity index (χ2n) is 6.20. The van der Waals surface area contributed by atoms with E-state index in [9.17, 15) is 4.79 Å². The monoisotopic (exact) mass is 389 g/mol. The Labute approximate surface area is 170 Å². The highest BCUT2D eigenvalue weighted by molar-refractivity contribution is 5.84. The molecule has 29 heavy (non-hydrogen) atoms. The number of nitrogens with one attached hydrogen (secondary N) is 2. The van der Waals surface area contributed by atoms with Crippen molar-refractivity contribution < 1.29 is 14.3 Å². The molecule has 6 heteroatoms. The van der Waals surface area contributed by atoms with Crippen LogP contribution in [-0.2, 0) is 11.4 Å². The fraction of sp³-hybridized carbons (Fsp3) is 0.130. The summed E-state index contributed by atoms with van der Waals surface area (Å²) in [7, 11) is 1.60. The van der Waals surface area contributed by atoms with Crippen molar-refractivity contribution in [3.63, 3.8) is 0 Å². The van der Waals surface area contributed by atoms with Crippen LogP contribution in [0.2, 0.25) is 0 Å². The molecule has 0 saturated carbocycles. The van der Waals surface area contributed by atoms with E-state index < -0.39 is 0 Å². The Kier molecular flexibility index (Phi) is 7.23. The third kappa shape index (κ3) is 6.39. The molecule has 0 aromatic heterocycles. The standard InChI is InChI=1S/C23H23N3O3/c1-28-21-13-12-19(14-22(21)29-17-18-8-4-2-5-9-18)15-25-26-23(27)16-24-20-10-6-3-7-11-20/h2-15,24H,16-17H2,1H3,(H,26,27)/b25-15+. The van der Waals surface area contributed by atoms with Gasteiger partial charge in [-0.05, 0) is 41.5 Å². The van der Waals surface area contributed by atoms with Crippen LogP contribution in [0.1, 0.15) is 11.1 Å². The van der Waals surface area contributed by atoms with E-state index in [-0.39, 0.29) is 12.5 Å². The van der Waals surface area contributed by atoms with E-state index in [1.807, 2.05) is 72.8 Å². The second kappa shape index (κ2) is 10.5. The van der Waals surface area contributed by atoms with E-state index in [2.05, 4.69) is 15.8 Å². The lowest BCUT2D eigenvalue weighted by Gasteiger charge is -2.11.